The predicted octanol–water partition coefficient (Wildman–Crippen LogP) is 3.89. The first kappa shape index (κ1) is 9.75. The third-order valence-electron chi connectivity index (χ3n) is 2.72. The molecule has 1 N–H and O–H groups in total. The lowest BCUT2D eigenvalue weighted by Gasteiger charge is -2.08. The minimum absolute atomic E-state index is 0.521. The van der Waals surface area contributed by atoms with Crippen LogP contribution in [-0.4, -0.2) is 5.11 Å². The molecule has 0 radical (unpaired) electrons. The minimum atomic E-state index is -0.633. The molecule has 0 amide bonds. The number of benzene rings is 1. The topological polar surface area (TPSA) is 46.5 Å². The molecule has 2 aromatic heterocycles. The van der Waals surface area contributed by atoms with E-state index in [0.29, 0.717) is 21.8 Å². The molecule has 0 bridgehead atoms. The van der Waals surface area contributed by atoms with Crippen LogP contribution in [0.2, 0.25) is 5.02 Å². The van der Waals surface area contributed by atoms with Gasteiger partial charge < -0.3 is 13.9 Å². The van der Waals surface area contributed by atoms with Gasteiger partial charge in [-0.15, -0.1) is 0 Å². The molecule has 0 aliphatic rings. The van der Waals surface area contributed by atoms with E-state index in [1.54, 1.807) is 31.6 Å². The number of halogens is 1. The molecule has 3 aromatic rings. The third-order valence-corrected chi connectivity index (χ3v) is 3.09. The summed E-state index contributed by atoms with van der Waals surface area (Å²) in [6.45, 7) is 1.69. The van der Waals surface area contributed by atoms with Crippen molar-refractivity contribution in [3.63, 3.8) is 0 Å². The number of furan rings is 2. The fourth-order valence-corrected chi connectivity index (χ4v) is 2.34. The van der Waals surface area contributed by atoms with Gasteiger partial charge in [-0.25, -0.2) is 0 Å². The van der Waals surface area contributed by atoms with Gasteiger partial charge in [0.15, 0.2) is 5.58 Å². The molecule has 16 heavy (non-hydrogen) atoms. The number of rotatable bonds is 1. The van der Waals surface area contributed by atoms with E-state index in [9.17, 15) is 5.11 Å². The van der Waals surface area contributed by atoms with Gasteiger partial charge in [-0.2, -0.15) is 0 Å². The van der Waals surface area contributed by atoms with Crippen LogP contribution in [0, 0.1) is 0 Å². The van der Waals surface area contributed by atoms with Crippen molar-refractivity contribution in [2.45, 2.75) is 13.0 Å². The first-order valence-corrected chi connectivity index (χ1v) is 5.31. The van der Waals surface area contributed by atoms with Crippen LogP contribution in [0.3, 0.4) is 0 Å². The second-order valence-corrected chi connectivity index (χ2v) is 4.11. The van der Waals surface area contributed by atoms with Gasteiger partial charge in [0.25, 0.3) is 0 Å². The molecule has 2 heterocycles. The van der Waals surface area contributed by atoms with Gasteiger partial charge in [0, 0.05) is 16.3 Å². The Morgan fingerprint density at radius 2 is 1.75 bits per heavy atom. The van der Waals surface area contributed by atoms with E-state index in [1.807, 2.05) is 0 Å². The molecular weight excluding hydrogens is 228 g/mol. The fraction of sp³-hybridized carbons (Fsp3) is 0.167. The molecule has 0 fully saturated rings. The highest BCUT2D eigenvalue weighted by Gasteiger charge is 2.19. The zero-order valence-electron chi connectivity index (χ0n) is 8.53. The highest BCUT2D eigenvalue weighted by molar-refractivity contribution is 6.40. The lowest BCUT2D eigenvalue weighted by molar-refractivity contribution is 0.201. The van der Waals surface area contributed by atoms with E-state index < -0.39 is 6.10 Å². The molecule has 0 saturated heterocycles. The van der Waals surface area contributed by atoms with Crippen molar-refractivity contribution in [3.8, 4) is 0 Å². The SMILES string of the molecule is CC(O)c1c2ccoc2c(Cl)c2ccoc12. The zero-order valence-corrected chi connectivity index (χ0v) is 9.28. The summed E-state index contributed by atoms with van der Waals surface area (Å²) in [5.41, 5.74) is 1.92. The quantitative estimate of drug-likeness (QED) is 0.697. The summed E-state index contributed by atoms with van der Waals surface area (Å²) in [4.78, 5) is 0. The molecule has 0 aliphatic heterocycles. The molecule has 1 atom stereocenters. The van der Waals surface area contributed by atoms with E-state index >= 15 is 0 Å². The maximum atomic E-state index is 9.80. The molecular formula is C12H9ClO3. The largest absolute Gasteiger partial charge is 0.464 e. The van der Waals surface area contributed by atoms with Gasteiger partial charge in [-0.3, -0.25) is 0 Å². The molecule has 1 aromatic carbocycles. The van der Waals surface area contributed by atoms with Crippen LogP contribution >= 0.6 is 11.6 Å². The van der Waals surface area contributed by atoms with Crippen molar-refractivity contribution in [2.75, 3.05) is 0 Å². The fourth-order valence-electron chi connectivity index (χ4n) is 2.04. The molecule has 3 rings (SSSR count). The molecule has 4 heteroatoms. The average Bonchev–Trinajstić information content (AvgIpc) is 2.84. The van der Waals surface area contributed by atoms with E-state index in [1.165, 1.54) is 0 Å². The minimum Gasteiger partial charge on any atom is -0.464 e. The van der Waals surface area contributed by atoms with Crippen LogP contribution in [0.15, 0.2) is 33.5 Å². The zero-order chi connectivity index (χ0) is 11.3. The number of hydrogen-bond donors (Lipinski definition) is 1. The first-order chi connectivity index (χ1) is 7.70. The van der Waals surface area contributed by atoms with Gasteiger partial charge >= 0.3 is 0 Å². The molecule has 0 saturated carbocycles. The van der Waals surface area contributed by atoms with Gasteiger partial charge in [-0.1, -0.05) is 11.6 Å². The van der Waals surface area contributed by atoms with Gasteiger partial charge in [-0.05, 0) is 19.1 Å². The maximum Gasteiger partial charge on any atom is 0.153 e. The van der Waals surface area contributed by atoms with Crippen molar-refractivity contribution in [2.24, 2.45) is 0 Å². The summed E-state index contributed by atoms with van der Waals surface area (Å²) in [6.07, 6.45) is 2.48. The highest BCUT2D eigenvalue weighted by Crippen LogP contribution is 2.39. The Balaban J connectivity index is 2.62. The van der Waals surface area contributed by atoms with E-state index in [4.69, 9.17) is 20.4 Å². The Kier molecular flexibility index (Phi) is 1.99. The van der Waals surface area contributed by atoms with Crippen LogP contribution in [0.4, 0.5) is 0 Å². The van der Waals surface area contributed by atoms with Crippen molar-refractivity contribution in [3.05, 3.63) is 35.2 Å². The standard InChI is InChI=1S/C12H9ClO3/c1-6(14)9-7-2-4-16-12(7)10(13)8-3-5-15-11(8)9/h2-6,14H,1H3. The third kappa shape index (κ3) is 1.13. The molecule has 82 valence electrons. The van der Waals surface area contributed by atoms with Gasteiger partial charge in [0.1, 0.15) is 5.58 Å². The smallest absolute Gasteiger partial charge is 0.153 e. The Bertz CT molecular complexity index is 612. The Hall–Kier alpha value is -1.45. The van der Waals surface area contributed by atoms with E-state index in [2.05, 4.69) is 0 Å². The maximum absolute atomic E-state index is 9.80. The van der Waals surface area contributed by atoms with Crippen LogP contribution in [-0.2, 0) is 0 Å². The first-order valence-electron chi connectivity index (χ1n) is 4.94. The molecule has 0 spiro atoms. The summed E-state index contributed by atoms with van der Waals surface area (Å²) >= 11 is 6.20. The Labute approximate surface area is 96.2 Å². The molecule has 3 nitrogen and oxygen atoms in total. The second-order valence-electron chi connectivity index (χ2n) is 3.73. The van der Waals surface area contributed by atoms with Crippen molar-refractivity contribution < 1.29 is 13.9 Å². The summed E-state index contributed by atoms with van der Waals surface area (Å²) in [5.74, 6) is 0. The number of hydrogen-bond acceptors (Lipinski definition) is 3. The van der Waals surface area contributed by atoms with E-state index in [-0.39, 0.29) is 0 Å². The monoisotopic (exact) mass is 236 g/mol. The van der Waals surface area contributed by atoms with Crippen LogP contribution < -0.4 is 0 Å². The Morgan fingerprint density at radius 3 is 2.44 bits per heavy atom. The normalized spacial score (nSPS) is 13.7. The summed E-state index contributed by atoms with van der Waals surface area (Å²) in [5, 5.41) is 11.9. The van der Waals surface area contributed by atoms with Crippen molar-refractivity contribution in [1.82, 2.24) is 0 Å². The predicted molar refractivity (Wildman–Crippen MR) is 61.6 cm³/mol. The molecule has 0 aliphatic carbocycles. The molecule has 1 unspecified atom stereocenters. The lowest BCUT2D eigenvalue weighted by atomic mass is 10.0. The Morgan fingerprint density at radius 1 is 1.12 bits per heavy atom. The average molecular weight is 237 g/mol. The summed E-state index contributed by atoms with van der Waals surface area (Å²) < 4.78 is 10.7. The number of aliphatic hydroxyl groups excluding tert-OH is 1. The summed E-state index contributed by atoms with van der Waals surface area (Å²) in [6, 6.07) is 3.55. The van der Waals surface area contributed by atoms with Gasteiger partial charge in [0.2, 0.25) is 0 Å². The van der Waals surface area contributed by atoms with Crippen LogP contribution in [0.25, 0.3) is 21.9 Å². The van der Waals surface area contributed by atoms with Crippen LogP contribution in [0.1, 0.15) is 18.6 Å². The summed E-state index contributed by atoms with van der Waals surface area (Å²) in [7, 11) is 0. The van der Waals surface area contributed by atoms with Crippen molar-refractivity contribution in [1.29, 1.82) is 0 Å². The second kappa shape index (κ2) is 3.27. The number of aliphatic hydroxyl groups is 1. The van der Waals surface area contributed by atoms with Crippen LogP contribution in [0.5, 0.6) is 0 Å². The van der Waals surface area contributed by atoms with E-state index in [0.717, 1.165) is 10.8 Å². The lowest BCUT2D eigenvalue weighted by Crippen LogP contribution is -1.92. The highest BCUT2D eigenvalue weighted by atomic mass is 35.5. The van der Waals surface area contributed by atoms with Gasteiger partial charge in [0.05, 0.1) is 23.7 Å². The number of fused-ring (bicyclic) bond motifs is 2. The van der Waals surface area contributed by atoms with Crippen molar-refractivity contribution >= 4 is 33.5 Å².